The Kier molecular flexibility index (Phi) is 4.53. The maximum Gasteiger partial charge on any atom is 0.0701 e. The fraction of sp³-hybridized carbons (Fsp3) is 1.00. The molecule has 3 saturated heterocycles. The largest absolute Gasteiger partial charge is 0.375 e. The van der Waals surface area contributed by atoms with Crippen molar-refractivity contribution in [2.45, 2.75) is 50.5 Å². The smallest absolute Gasteiger partial charge is 0.0701 e. The zero-order valence-electron chi connectivity index (χ0n) is 11.5. The number of thioether (sulfide) groups is 1. The van der Waals surface area contributed by atoms with Crippen LogP contribution in [0.2, 0.25) is 0 Å². The highest BCUT2D eigenvalue weighted by Crippen LogP contribution is 2.42. The Labute approximate surface area is 116 Å². The molecule has 1 N–H and O–H groups in total. The normalized spacial score (nSPS) is 37.3. The molecule has 3 aliphatic heterocycles. The molecule has 18 heavy (non-hydrogen) atoms. The van der Waals surface area contributed by atoms with E-state index in [9.17, 15) is 0 Å². The lowest BCUT2D eigenvalue weighted by Crippen LogP contribution is -2.45. The van der Waals surface area contributed by atoms with E-state index in [4.69, 9.17) is 4.74 Å². The third kappa shape index (κ3) is 3.05. The van der Waals surface area contributed by atoms with E-state index in [0.29, 0.717) is 0 Å². The summed E-state index contributed by atoms with van der Waals surface area (Å²) in [6.07, 6.45) is 9.51. The van der Waals surface area contributed by atoms with E-state index in [1.54, 1.807) is 0 Å². The molecule has 3 heteroatoms. The van der Waals surface area contributed by atoms with Crippen LogP contribution in [0.3, 0.4) is 0 Å². The molecule has 0 aromatic heterocycles. The van der Waals surface area contributed by atoms with E-state index >= 15 is 0 Å². The minimum atomic E-state index is 0.278. The predicted octanol–water partition coefficient (Wildman–Crippen LogP) is 3.07. The highest BCUT2D eigenvalue weighted by molar-refractivity contribution is 7.99. The zero-order valence-corrected chi connectivity index (χ0v) is 12.3. The molecular weight excluding hydrogens is 242 g/mol. The molecular formula is C15H27NOS. The number of rotatable bonds is 1. The van der Waals surface area contributed by atoms with Crippen LogP contribution in [0.25, 0.3) is 0 Å². The molecule has 3 fully saturated rings. The van der Waals surface area contributed by atoms with Crippen molar-refractivity contribution in [2.75, 3.05) is 31.2 Å². The van der Waals surface area contributed by atoms with Crippen LogP contribution in [0.1, 0.15) is 44.9 Å². The Bertz CT molecular complexity index is 252. The summed E-state index contributed by atoms with van der Waals surface area (Å²) < 4.78 is 6.22. The Morgan fingerprint density at radius 2 is 1.94 bits per heavy atom. The van der Waals surface area contributed by atoms with Gasteiger partial charge in [-0.05, 0) is 75.0 Å². The zero-order chi connectivity index (χ0) is 12.3. The van der Waals surface area contributed by atoms with Gasteiger partial charge in [-0.25, -0.2) is 0 Å². The molecule has 3 aliphatic rings. The van der Waals surface area contributed by atoms with Crippen LogP contribution in [0, 0.1) is 11.8 Å². The maximum absolute atomic E-state index is 6.22. The first kappa shape index (κ1) is 13.3. The van der Waals surface area contributed by atoms with Gasteiger partial charge in [-0.2, -0.15) is 11.8 Å². The molecule has 0 bridgehead atoms. The van der Waals surface area contributed by atoms with Crippen LogP contribution in [-0.4, -0.2) is 36.8 Å². The van der Waals surface area contributed by atoms with Gasteiger partial charge in [0.25, 0.3) is 0 Å². The first-order valence-corrected chi connectivity index (χ1v) is 8.96. The van der Waals surface area contributed by atoms with Crippen molar-refractivity contribution in [3.63, 3.8) is 0 Å². The summed E-state index contributed by atoms with van der Waals surface area (Å²) in [4.78, 5) is 0. The number of nitrogens with one attached hydrogen (secondary N) is 1. The summed E-state index contributed by atoms with van der Waals surface area (Å²) in [7, 11) is 0. The van der Waals surface area contributed by atoms with Crippen molar-refractivity contribution >= 4 is 11.8 Å². The lowest BCUT2D eigenvalue weighted by atomic mass is 9.75. The molecule has 0 aromatic rings. The summed E-state index contributed by atoms with van der Waals surface area (Å²) in [6, 6.07) is 0. The van der Waals surface area contributed by atoms with Gasteiger partial charge in [0.15, 0.2) is 0 Å². The third-order valence-corrected chi connectivity index (χ3v) is 6.17. The van der Waals surface area contributed by atoms with Gasteiger partial charge in [0, 0.05) is 6.61 Å². The average Bonchev–Trinajstić information content (AvgIpc) is 2.68. The summed E-state index contributed by atoms with van der Waals surface area (Å²) in [5.41, 5.74) is 0.278. The van der Waals surface area contributed by atoms with Gasteiger partial charge in [-0.15, -0.1) is 0 Å². The molecule has 2 nitrogen and oxygen atoms in total. The molecule has 2 unspecified atom stereocenters. The summed E-state index contributed by atoms with van der Waals surface area (Å²) in [5.74, 6) is 4.47. The summed E-state index contributed by atoms with van der Waals surface area (Å²) >= 11 is 2.11. The standard InChI is InChI=1S/C15H27NOS/c1-2-7-16-12-14(3-1)13-4-8-17-15(11-13)5-9-18-10-6-15/h13-14,16H,1-12H2. The first-order chi connectivity index (χ1) is 8.88. The van der Waals surface area contributed by atoms with Gasteiger partial charge in [0.05, 0.1) is 5.60 Å². The second kappa shape index (κ2) is 6.15. The Hall–Kier alpha value is 0.270. The molecule has 0 aromatic carbocycles. The molecule has 1 spiro atoms. The van der Waals surface area contributed by atoms with Gasteiger partial charge < -0.3 is 10.1 Å². The molecule has 0 saturated carbocycles. The second-order valence-electron chi connectivity index (χ2n) is 6.36. The van der Waals surface area contributed by atoms with Gasteiger partial charge in [0.2, 0.25) is 0 Å². The molecule has 0 radical (unpaired) electrons. The fourth-order valence-electron chi connectivity index (χ4n) is 4.01. The lowest BCUT2D eigenvalue weighted by Gasteiger charge is -2.45. The molecule has 0 amide bonds. The number of ether oxygens (including phenoxy) is 1. The Balaban J connectivity index is 1.61. The minimum absolute atomic E-state index is 0.278. The molecule has 0 aliphatic carbocycles. The van der Waals surface area contributed by atoms with Crippen LogP contribution >= 0.6 is 11.8 Å². The second-order valence-corrected chi connectivity index (χ2v) is 7.58. The first-order valence-electron chi connectivity index (χ1n) is 7.80. The third-order valence-electron chi connectivity index (χ3n) is 5.19. The molecule has 2 atom stereocenters. The van der Waals surface area contributed by atoms with Crippen LogP contribution < -0.4 is 5.32 Å². The fourth-order valence-corrected chi connectivity index (χ4v) is 5.25. The number of hydrogen-bond acceptors (Lipinski definition) is 3. The minimum Gasteiger partial charge on any atom is -0.375 e. The van der Waals surface area contributed by atoms with E-state index < -0.39 is 0 Å². The highest BCUT2D eigenvalue weighted by atomic mass is 32.2. The van der Waals surface area contributed by atoms with E-state index in [0.717, 1.165) is 18.4 Å². The van der Waals surface area contributed by atoms with Crippen molar-refractivity contribution in [3.05, 3.63) is 0 Å². The van der Waals surface area contributed by atoms with Gasteiger partial charge in [-0.3, -0.25) is 0 Å². The Morgan fingerprint density at radius 1 is 1.06 bits per heavy atom. The topological polar surface area (TPSA) is 21.3 Å². The van der Waals surface area contributed by atoms with Gasteiger partial charge >= 0.3 is 0 Å². The van der Waals surface area contributed by atoms with Crippen molar-refractivity contribution < 1.29 is 4.74 Å². The lowest BCUT2D eigenvalue weighted by molar-refractivity contribution is -0.111. The molecule has 104 valence electrons. The summed E-state index contributed by atoms with van der Waals surface area (Å²) in [5, 5.41) is 3.64. The van der Waals surface area contributed by atoms with Crippen molar-refractivity contribution in [2.24, 2.45) is 11.8 Å². The van der Waals surface area contributed by atoms with Crippen LogP contribution in [0.15, 0.2) is 0 Å². The molecule has 3 rings (SSSR count). The van der Waals surface area contributed by atoms with Crippen molar-refractivity contribution in [1.82, 2.24) is 5.32 Å². The van der Waals surface area contributed by atoms with E-state index in [1.807, 2.05) is 0 Å². The van der Waals surface area contributed by atoms with Gasteiger partial charge in [0.1, 0.15) is 0 Å². The number of hydrogen-bond donors (Lipinski definition) is 1. The van der Waals surface area contributed by atoms with Crippen LogP contribution in [0.5, 0.6) is 0 Å². The molecule has 3 heterocycles. The van der Waals surface area contributed by atoms with Crippen molar-refractivity contribution in [1.29, 1.82) is 0 Å². The summed E-state index contributed by atoms with van der Waals surface area (Å²) in [6.45, 7) is 3.52. The highest BCUT2D eigenvalue weighted by Gasteiger charge is 2.40. The predicted molar refractivity (Wildman–Crippen MR) is 78.2 cm³/mol. The van der Waals surface area contributed by atoms with Crippen molar-refractivity contribution in [3.8, 4) is 0 Å². The quantitative estimate of drug-likeness (QED) is 0.790. The van der Waals surface area contributed by atoms with Crippen LogP contribution in [-0.2, 0) is 4.74 Å². The van der Waals surface area contributed by atoms with Gasteiger partial charge in [-0.1, -0.05) is 6.42 Å². The van der Waals surface area contributed by atoms with E-state index in [2.05, 4.69) is 17.1 Å². The maximum atomic E-state index is 6.22. The Morgan fingerprint density at radius 3 is 2.83 bits per heavy atom. The average molecular weight is 269 g/mol. The van der Waals surface area contributed by atoms with E-state index in [-0.39, 0.29) is 5.60 Å². The van der Waals surface area contributed by atoms with E-state index in [1.165, 1.54) is 69.5 Å². The van der Waals surface area contributed by atoms with Crippen LogP contribution in [0.4, 0.5) is 0 Å². The SMILES string of the molecule is C1CCC(C2CCOC3(CCSCC3)C2)CNC1. The monoisotopic (exact) mass is 269 g/mol.